The number of ether oxygens (including phenoxy) is 5. The first-order valence-corrected chi connectivity index (χ1v) is 10.3. The van der Waals surface area contributed by atoms with Gasteiger partial charge < -0.3 is 23.7 Å². The van der Waals surface area contributed by atoms with Gasteiger partial charge in [-0.05, 0) is 35.5 Å². The number of benzene rings is 2. The maximum atomic E-state index is 13.0. The monoisotopic (exact) mass is 463 g/mol. The third-order valence-electron chi connectivity index (χ3n) is 4.77. The topological polar surface area (TPSA) is 83.5 Å². The summed E-state index contributed by atoms with van der Waals surface area (Å²) in [5, 5.41) is -0.0155. The first kappa shape index (κ1) is 21.2. The van der Waals surface area contributed by atoms with Gasteiger partial charge in [0.2, 0.25) is 6.79 Å². The van der Waals surface area contributed by atoms with E-state index in [9.17, 15) is 9.59 Å². The van der Waals surface area contributed by atoms with Crippen molar-refractivity contribution in [2.24, 2.45) is 0 Å². The average Bonchev–Trinajstić information content (AvgIpc) is 3.32. The number of thioether (sulfide) groups is 1. The van der Waals surface area contributed by atoms with Crippen LogP contribution < -0.4 is 23.7 Å². The summed E-state index contributed by atoms with van der Waals surface area (Å²) in [6, 6.07) is 6.62. The predicted molar refractivity (Wildman–Crippen MR) is 115 cm³/mol. The first-order valence-electron chi connectivity index (χ1n) is 9.08. The van der Waals surface area contributed by atoms with Gasteiger partial charge in [-0.3, -0.25) is 14.5 Å². The summed E-state index contributed by atoms with van der Waals surface area (Å²) in [5.74, 6) is 2.06. The van der Waals surface area contributed by atoms with Crippen molar-refractivity contribution in [3.8, 4) is 28.7 Å². The molecular formula is C21H18ClNO7S. The molecule has 0 atom stereocenters. The Morgan fingerprint density at radius 2 is 1.65 bits per heavy atom. The Morgan fingerprint density at radius 3 is 2.32 bits per heavy atom. The molecule has 31 heavy (non-hydrogen) atoms. The number of carbonyl (C=O) groups excluding carboxylic acids is 2. The Morgan fingerprint density at radius 1 is 1.00 bits per heavy atom. The molecule has 2 aliphatic rings. The number of hydrogen-bond acceptors (Lipinski definition) is 8. The van der Waals surface area contributed by atoms with E-state index in [1.807, 2.05) is 0 Å². The molecule has 0 aliphatic carbocycles. The van der Waals surface area contributed by atoms with Gasteiger partial charge in [0.15, 0.2) is 23.0 Å². The Hall–Kier alpha value is -3.04. The van der Waals surface area contributed by atoms with Crippen molar-refractivity contribution in [2.75, 3.05) is 28.1 Å². The lowest BCUT2D eigenvalue weighted by molar-refractivity contribution is -0.123. The molecule has 2 amide bonds. The summed E-state index contributed by atoms with van der Waals surface area (Å²) in [6.07, 6.45) is 1.59. The zero-order valence-electron chi connectivity index (χ0n) is 16.9. The predicted octanol–water partition coefficient (Wildman–Crippen LogP) is 4.33. The number of imide groups is 1. The van der Waals surface area contributed by atoms with E-state index in [-0.39, 0.29) is 18.2 Å². The molecule has 2 heterocycles. The summed E-state index contributed by atoms with van der Waals surface area (Å²) < 4.78 is 26.6. The van der Waals surface area contributed by atoms with E-state index in [1.54, 1.807) is 30.3 Å². The fourth-order valence-corrected chi connectivity index (χ4v) is 4.24. The second-order valence-electron chi connectivity index (χ2n) is 6.51. The molecule has 0 radical (unpaired) electrons. The SMILES string of the molecule is COc1cc(OC)c(OC)cc1/C=C1/SC(=O)N(Cc2cc3c(cc2Cl)OCO3)C1=O. The van der Waals surface area contributed by atoms with E-state index in [0.717, 1.165) is 16.7 Å². The third-order valence-corrected chi connectivity index (χ3v) is 6.03. The maximum absolute atomic E-state index is 13.0. The highest BCUT2D eigenvalue weighted by molar-refractivity contribution is 8.18. The maximum Gasteiger partial charge on any atom is 0.293 e. The van der Waals surface area contributed by atoms with E-state index >= 15 is 0 Å². The molecule has 0 N–H and O–H groups in total. The molecular weight excluding hydrogens is 446 g/mol. The van der Waals surface area contributed by atoms with E-state index in [2.05, 4.69) is 0 Å². The van der Waals surface area contributed by atoms with Crippen LogP contribution in [0.1, 0.15) is 11.1 Å². The van der Waals surface area contributed by atoms with Crippen LogP contribution in [0, 0.1) is 0 Å². The van der Waals surface area contributed by atoms with Gasteiger partial charge in [-0.25, -0.2) is 0 Å². The number of fused-ring (bicyclic) bond motifs is 1. The number of methoxy groups -OCH3 is 3. The standard InChI is InChI=1S/C21H18ClNO7S/c1-26-14-8-16(28-3)15(27-2)4-11(14)6-19-20(24)23(21(25)31-19)9-12-5-17-18(7-13(12)22)30-10-29-17/h4-8H,9-10H2,1-3H3/b19-6+. The summed E-state index contributed by atoms with van der Waals surface area (Å²) in [6.45, 7) is 0.118. The highest BCUT2D eigenvalue weighted by Crippen LogP contribution is 2.41. The Kier molecular flexibility index (Phi) is 5.88. The number of nitrogens with zero attached hydrogens (tertiary/aromatic N) is 1. The van der Waals surface area contributed by atoms with Crippen LogP contribution in [-0.4, -0.2) is 44.2 Å². The molecule has 1 fully saturated rings. The smallest absolute Gasteiger partial charge is 0.293 e. The molecule has 0 bridgehead atoms. The largest absolute Gasteiger partial charge is 0.496 e. The highest BCUT2D eigenvalue weighted by atomic mass is 35.5. The van der Waals surface area contributed by atoms with E-state index in [4.69, 9.17) is 35.3 Å². The normalized spacial score (nSPS) is 16.3. The van der Waals surface area contributed by atoms with Crippen LogP contribution in [0.3, 0.4) is 0 Å². The van der Waals surface area contributed by atoms with Gasteiger partial charge in [-0.1, -0.05) is 11.6 Å². The fraction of sp³-hybridized carbons (Fsp3) is 0.238. The molecule has 2 aromatic rings. The van der Waals surface area contributed by atoms with Crippen LogP contribution in [0.2, 0.25) is 5.02 Å². The van der Waals surface area contributed by atoms with Crippen LogP contribution in [0.4, 0.5) is 4.79 Å². The van der Waals surface area contributed by atoms with E-state index < -0.39 is 11.1 Å². The van der Waals surface area contributed by atoms with Crippen LogP contribution >= 0.6 is 23.4 Å². The second kappa shape index (κ2) is 8.60. The first-order chi connectivity index (χ1) is 14.9. The van der Waals surface area contributed by atoms with Gasteiger partial charge in [0, 0.05) is 22.7 Å². The average molecular weight is 464 g/mol. The van der Waals surface area contributed by atoms with Crippen molar-refractivity contribution in [1.82, 2.24) is 4.90 Å². The van der Waals surface area contributed by atoms with Gasteiger partial charge >= 0.3 is 0 Å². The molecule has 0 spiro atoms. The zero-order valence-corrected chi connectivity index (χ0v) is 18.5. The van der Waals surface area contributed by atoms with Gasteiger partial charge in [0.05, 0.1) is 32.8 Å². The van der Waals surface area contributed by atoms with Gasteiger partial charge in [-0.2, -0.15) is 0 Å². The van der Waals surface area contributed by atoms with Crippen LogP contribution in [0.25, 0.3) is 6.08 Å². The minimum atomic E-state index is -0.430. The lowest BCUT2D eigenvalue weighted by atomic mass is 10.1. The van der Waals surface area contributed by atoms with Gasteiger partial charge in [0.25, 0.3) is 11.1 Å². The molecule has 0 unspecified atom stereocenters. The van der Waals surface area contributed by atoms with Gasteiger partial charge in [-0.15, -0.1) is 0 Å². The molecule has 162 valence electrons. The molecule has 0 aromatic heterocycles. The molecule has 8 nitrogen and oxygen atoms in total. The Labute approximate surface area is 187 Å². The summed E-state index contributed by atoms with van der Waals surface area (Å²) >= 11 is 7.14. The minimum Gasteiger partial charge on any atom is -0.496 e. The van der Waals surface area contributed by atoms with Crippen LogP contribution in [0.5, 0.6) is 28.7 Å². The molecule has 0 saturated carbocycles. The van der Waals surface area contributed by atoms with E-state index in [1.165, 1.54) is 21.3 Å². The second-order valence-corrected chi connectivity index (χ2v) is 7.91. The minimum absolute atomic E-state index is 0.0144. The number of amides is 2. The van der Waals surface area contributed by atoms with Crippen molar-refractivity contribution in [3.05, 3.63) is 45.3 Å². The molecule has 2 aliphatic heterocycles. The molecule has 2 aromatic carbocycles. The Bertz CT molecular complexity index is 1100. The van der Waals surface area contributed by atoms with Crippen molar-refractivity contribution >= 4 is 40.6 Å². The number of carbonyl (C=O) groups is 2. The number of rotatable bonds is 6. The third kappa shape index (κ3) is 3.98. The zero-order chi connectivity index (χ0) is 22.1. The molecule has 4 rings (SSSR count). The quantitative estimate of drug-likeness (QED) is 0.585. The van der Waals surface area contributed by atoms with Crippen molar-refractivity contribution in [3.63, 3.8) is 0 Å². The van der Waals surface area contributed by atoms with Crippen molar-refractivity contribution in [1.29, 1.82) is 0 Å². The van der Waals surface area contributed by atoms with Crippen LogP contribution in [-0.2, 0) is 11.3 Å². The Balaban J connectivity index is 1.62. The van der Waals surface area contributed by atoms with Crippen molar-refractivity contribution in [2.45, 2.75) is 6.54 Å². The van der Waals surface area contributed by atoms with Crippen LogP contribution in [0.15, 0.2) is 29.2 Å². The van der Waals surface area contributed by atoms with Crippen molar-refractivity contribution < 1.29 is 33.3 Å². The highest BCUT2D eigenvalue weighted by Gasteiger charge is 2.36. The van der Waals surface area contributed by atoms with E-state index in [0.29, 0.717) is 44.9 Å². The lowest BCUT2D eigenvalue weighted by Crippen LogP contribution is -2.27. The summed E-state index contributed by atoms with van der Waals surface area (Å²) in [5.41, 5.74) is 1.16. The fourth-order valence-electron chi connectivity index (χ4n) is 3.19. The van der Waals surface area contributed by atoms with Gasteiger partial charge in [0.1, 0.15) is 5.75 Å². The molecule has 10 heteroatoms. The number of hydrogen-bond donors (Lipinski definition) is 0. The lowest BCUT2D eigenvalue weighted by Gasteiger charge is -2.14. The number of halogens is 1. The summed E-state index contributed by atoms with van der Waals surface area (Å²) in [7, 11) is 4.53. The molecule has 1 saturated heterocycles. The summed E-state index contributed by atoms with van der Waals surface area (Å²) in [4.78, 5) is 26.9.